The van der Waals surface area contributed by atoms with Crippen molar-refractivity contribution < 1.29 is 113 Å². The molecule has 3 aliphatic carbocycles. The van der Waals surface area contributed by atoms with E-state index in [0.29, 0.717) is 145 Å². The third kappa shape index (κ3) is 30.3. The number of carbonyl (C=O) groups is 3. The molecule has 35 nitrogen and oxygen atoms in total. The maximum atomic E-state index is 12.8. The second-order valence-electron chi connectivity index (χ2n) is 32.7. The Labute approximate surface area is 859 Å². The second-order valence-corrected chi connectivity index (χ2v) is 62.4. The Hall–Kier alpha value is -11.0. The fourth-order valence-electron chi connectivity index (χ4n) is 14.0. The van der Waals surface area contributed by atoms with Gasteiger partial charge in [-0.3, -0.25) is 34.5 Å². The molecule has 9 aromatic rings. The smallest absolute Gasteiger partial charge is 0.339 e. The van der Waals surface area contributed by atoms with Crippen LogP contribution in [0, 0.1) is 5.53 Å². The molecule has 0 atom stereocenters. The number of nitrogen functional groups attached to an aromatic ring is 1. The molecule has 750 valence electrons. The number of nitrogens with zero attached hydrogens (tertiary/aromatic N) is 2. The Kier molecular flexibility index (Phi) is 35.9. The molecule has 8 aliphatic rings. The van der Waals surface area contributed by atoms with E-state index >= 15 is 0 Å². The SMILES string of the molecule is CC(C)(C)OC(=O)N/N=c1/ccc2c(-c3ccccc3S(=O)(=O)O)c3ccc(N=N)cc3oc-2c1.CC(C)(C)OC(=O)NN.CC(C)(C)OC=O.ClP(Cl)(Cl)(Cl)Cl.NNc1ccc2c(-c3ccccc3S(=O)(=O)[O-])c3ccc(=[NH+]N)cc-3oc2c1.O=P(Cl)(Cl)Cl.O=S1(=O)OC2(c3ccc(Cl)cc3Oc3cc(Cl)ccc32)c2ccccc21.O=c1ccc2c(-c3ccccc3S(=O)(=O)O)c3ccc(O)cc3oc-2c1. The van der Waals surface area contributed by atoms with Crippen molar-refractivity contribution in [2.24, 2.45) is 27.7 Å². The van der Waals surface area contributed by atoms with Crippen LogP contribution in [0.2, 0.25) is 10.0 Å². The molecule has 9 aromatic carbocycles. The topological polar surface area (TPSA) is 568 Å². The summed E-state index contributed by atoms with van der Waals surface area (Å²) < 4.78 is 178. The molecule has 0 saturated carbocycles. The number of amides is 2. The van der Waals surface area contributed by atoms with Crippen molar-refractivity contribution >= 4 is 225 Å². The van der Waals surface area contributed by atoms with Crippen molar-refractivity contribution in [3.8, 4) is 84.6 Å². The van der Waals surface area contributed by atoms with Gasteiger partial charge in [0.05, 0.1) is 27.7 Å². The van der Waals surface area contributed by atoms with Crippen molar-refractivity contribution in [1.29, 1.82) is 5.53 Å². The number of anilines is 1. The van der Waals surface area contributed by atoms with E-state index in [9.17, 15) is 76.2 Å². The Morgan fingerprint density at radius 3 is 1.42 bits per heavy atom. The summed E-state index contributed by atoms with van der Waals surface area (Å²) in [5, 5.41) is 20.2. The van der Waals surface area contributed by atoms with Crippen molar-refractivity contribution in [3.05, 3.63) is 290 Å². The maximum Gasteiger partial charge on any atom is 0.339 e. The molecule has 0 unspecified atom stereocenters. The van der Waals surface area contributed by atoms with Crippen LogP contribution in [-0.4, -0.2) is 87.9 Å². The molecule has 5 heterocycles. The van der Waals surface area contributed by atoms with Crippen LogP contribution < -0.4 is 59.8 Å². The van der Waals surface area contributed by atoms with Gasteiger partial charge in [0, 0.05) is 129 Å². The number of hydrogen-bond acceptors (Lipinski definition) is 30. The van der Waals surface area contributed by atoms with Crippen molar-refractivity contribution in [2.45, 2.75) is 104 Å². The van der Waals surface area contributed by atoms with Crippen molar-refractivity contribution in [3.63, 3.8) is 0 Å². The second kappa shape index (κ2) is 45.1. The first-order valence-corrected chi connectivity index (χ1v) is 58.0. The fourth-order valence-corrected chi connectivity index (χ4v) is 17.8. The van der Waals surface area contributed by atoms with E-state index in [0.717, 1.165) is 0 Å². The van der Waals surface area contributed by atoms with Gasteiger partial charge in [0.15, 0.2) is 11.0 Å². The summed E-state index contributed by atoms with van der Waals surface area (Å²) >= 11 is 51.0. The maximum absolute atomic E-state index is 12.8. The molecular formula is C91H82Cl10N10O25P2S4. The zero-order valence-corrected chi connectivity index (χ0v) is 87.5. The van der Waals surface area contributed by atoms with E-state index in [4.69, 9.17) is 134 Å². The molecule has 0 aromatic heterocycles. The summed E-state index contributed by atoms with van der Waals surface area (Å²) in [7, 11) is -17.6. The van der Waals surface area contributed by atoms with Crippen LogP contribution in [-0.2, 0) is 73.8 Å². The molecule has 0 saturated heterocycles. The van der Waals surface area contributed by atoms with Crippen LogP contribution in [0.1, 0.15) is 79.0 Å². The van der Waals surface area contributed by atoms with E-state index in [-0.39, 0.29) is 58.8 Å². The minimum absolute atomic E-state index is 0.0344. The molecule has 5 aliphatic heterocycles. The monoisotopic (exact) mass is 2250 g/mol. The van der Waals surface area contributed by atoms with Gasteiger partial charge in [0.1, 0.15) is 92.9 Å². The van der Waals surface area contributed by atoms with Crippen LogP contribution in [0.4, 0.5) is 21.0 Å². The molecule has 0 fully saturated rings. The number of fused-ring (bicyclic) bond motifs is 12. The zero-order valence-electron chi connectivity index (χ0n) is 74.9. The van der Waals surface area contributed by atoms with Gasteiger partial charge in [-0.05, 0) is 211 Å². The van der Waals surface area contributed by atoms with Gasteiger partial charge in [-0.25, -0.2) is 44.8 Å². The number of phenols is 1. The summed E-state index contributed by atoms with van der Waals surface area (Å²) in [4.78, 5) is 43.0. The Morgan fingerprint density at radius 1 is 0.542 bits per heavy atom. The third-order valence-electron chi connectivity index (χ3n) is 19.1. The quantitative estimate of drug-likeness (QED) is 0.00579. The number of nitrogens with one attached hydrogen (secondary N) is 5. The number of halogens is 10. The zero-order chi connectivity index (χ0) is 105. The van der Waals surface area contributed by atoms with Crippen LogP contribution >= 0.6 is 122 Å². The van der Waals surface area contributed by atoms with E-state index in [1.165, 1.54) is 60.7 Å². The van der Waals surface area contributed by atoms with E-state index < -0.39 is 78.0 Å². The largest absolute Gasteiger partial charge is 0.744 e. The minimum atomic E-state index is -4.69. The van der Waals surface area contributed by atoms with Crippen LogP contribution in [0.3, 0.4) is 0 Å². The van der Waals surface area contributed by atoms with Gasteiger partial charge in [-0.1, -0.05) is 108 Å². The fraction of sp³-hybridized carbons (Fsp3) is 0.143. The van der Waals surface area contributed by atoms with Gasteiger partial charge in [0.2, 0.25) is 5.36 Å². The molecule has 14 N–H and O–H groups in total. The first-order chi connectivity index (χ1) is 65.9. The number of ether oxygens (including phenoxy) is 4. The number of phenolic OH excluding ortho intramolecular Hbond substituents is 1. The Balaban J connectivity index is 0.000000179. The van der Waals surface area contributed by atoms with Crippen LogP contribution in [0.25, 0.3) is 100 Å². The molecule has 1 spiro atoms. The normalized spacial score (nSPS) is 13.5. The summed E-state index contributed by atoms with van der Waals surface area (Å²) in [5.41, 5.74) is 18.7. The van der Waals surface area contributed by atoms with Gasteiger partial charge in [-0.2, -0.15) is 35.5 Å². The average molecular weight is 2260 g/mol. The number of carbonyl (C=O) groups excluding carboxylic acids is 3. The molecule has 51 heteroatoms. The van der Waals surface area contributed by atoms with Gasteiger partial charge in [0.25, 0.3) is 36.8 Å². The number of hydrogen-bond donors (Lipinski definition) is 11. The number of benzene rings is 12. The van der Waals surface area contributed by atoms with Gasteiger partial charge >= 0.3 is 77.0 Å². The number of rotatable bonds is 10. The Bertz CT molecular complexity index is 7970. The molecule has 17 rings (SSSR count). The van der Waals surface area contributed by atoms with Crippen molar-refractivity contribution in [2.75, 3.05) is 5.43 Å². The van der Waals surface area contributed by atoms with Gasteiger partial charge < -0.3 is 47.3 Å². The summed E-state index contributed by atoms with van der Waals surface area (Å²) in [6.07, 6.45) is -1.33. The molecule has 2 amide bonds. The molecule has 142 heavy (non-hydrogen) atoms. The number of aromatic hydroxyl groups is 1. The van der Waals surface area contributed by atoms with Crippen LogP contribution in [0.15, 0.2) is 290 Å². The minimum Gasteiger partial charge on any atom is -0.744 e. The molecule has 0 radical (unpaired) electrons. The van der Waals surface area contributed by atoms with Gasteiger partial charge in [-0.15, -0.1) is 5.10 Å². The standard InChI is InChI=1S/C24H22N4O6S.C19H10Cl2O4S.C19H16N4O4S.C19H12O6S.C5H12N2O2.C5H10O2.Cl5P.Cl3OP/c1-24(2,3)34-23(29)28-27-15-9-11-17-20(13-15)33-19-12-14(26-25)8-10-16(19)22(17)18-6-4-5-7-21(18)35(30,31)32;20-11-5-7-13-16(9-11)24-17-10-12(21)6-8-14(17)19(13)15-3-1-2-4-18(15)26(22,23)25-19;20-22-11-5-7-13-16(9-11)27-17-10-12(23-21)6-8-14(17)19(13)15-3-1-2-4-18(15)28(24,25)26;20-11-5-7-13-16(9-11)25-17-10-12(21)6-8-14(17)19(13)15-3-1-2-4-18(15)26(22,23)24;1-5(2,3)9-4(8)7-6;1-5(2,3)7-4-6;1-6(2,3,4)5;1-5(2,3)4/h4-13,25H,1-3H3,(H,28,29)(H,30,31,32);1-10H;1-10,22H,20-21H2,(H,24,25,26);1-10,20H,(H,22,23,24);6H2,1-3H3,(H,7,8);4H,1-3H3;;/b26-25?,27-15-;;;;;;;. The predicted molar refractivity (Wildman–Crippen MR) is 546 cm³/mol. The summed E-state index contributed by atoms with van der Waals surface area (Å²) in [6.45, 7) is 16.4. The van der Waals surface area contributed by atoms with E-state index in [1.54, 1.807) is 224 Å². The first kappa shape index (κ1) is 113. The first-order valence-electron chi connectivity index (χ1n) is 40.4. The van der Waals surface area contributed by atoms with E-state index in [1.807, 2.05) is 26.2 Å². The Morgan fingerprint density at radius 2 is 0.972 bits per heavy atom. The van der Waals surface area contributed by atoms with Crippen LogP contribution in [0.5, 0.6) is 17.2 Å². The van der Waals surface area contributed by atoms with Crippen molar-refractivity contribution in [1.82, 2.24) is 10.9 Å². The third-order valence-corrected chi connectivity index (χ3v) is 23.6. The average Bonchev–Trinajstić information content (AvgIpc) is 1.55. The predicted octanol–water partition coefficient (Wildman–Crippen LogP) is 22.8. The summed E-state index contributed by atoms with van der Waals surface area (Å²) in [6, 6.07) is 63.7. The molecular weight excluding hydrogens is 2180 g/mol. The summed E-state index contributed by atoms with van der Waals surface area (Å²) in [5.74, 6) is 17.6. The number of hydrazine groups is 3. The molecule has 0 bridgehead atoms. The van der Waals surface area contributed by atoms with E-state index in [2.05, 4.69) is 64.6 Å². The number of nitrogens with two attached hydrogens (primary N) is 3.